The Labute approximate surface area is 123 Å². The first-order chi connectivity index (χ1) is 9.47. The number of carbonyl (C=O) groups excluding carboxylic acids is 2. The van der Waals surface area contributed by atoms with Gasteiger partial charge in [-0.2, -0.15) is 0 Å². The van der Waals surface area contributed by atoms with E-state index in [2.05, 4.69) is 4.98 Å². The molecular weight excluding hydrogens is 302 g/mol. The van der Waals surface area contributed by atoms with E-state index >= 15 is 0 Å². The van der Waals surface area contributed by atoms with Crippen molar-refractivity contribution in [1.82, 2.24) is 4.98 Å². The smallest absolute Gasteiger partial charge is 0.228 e. The van der Waals surface area contributed by atoms with Crippen molar-refractivity contribution >= 4 is 34.7 Å². The quantitative estimate of drug-likeness (QED) is 0.786. The Balaban J connectivity index is 2.03. The van der Waals surface area contributed by atoms with Gasteiger partial charge in [-0.15, -0.1) is 11.3 Å². The molecule has 0 spiro atoms. The van der Waals surface area contributed by atoms with Gasteiger partial charge < -0.3 is 14.6 Å². The summed E-state index contributed by atoms with van der Waals surface area (Å²) < 4.78 is 5.28. The van der Waals surface area contributed by atoms with Gasteiger partial charge in [0.1, 0.15) is 5.75 Å². The van der Waals surface area contributed by atoms with Crippen LogP contribution in [0.25, 0.3) is 0 Å². The minimum Gasteiger partial charge on any atom is -0.544 e. The highest BCUT2D eigenvalue weighted by Crippen LogP contribution is 2.19. The number of Topliss-reactive ketones (excluding diaryl/α,β-unsaturated/α-hetero) is 1. The van der Waals surface area contributed by atoms with E-state index in [1.807, 2.05) is 0 Å². The Hall–Kier alpha value is -1.92. The van der Waals surface area contributed by atoms with Crippen molar-refractivity contribution < 1.29 is 19.4 Å². The predicted octanol–water partition coefficient (Wildman–Crippen LogP) is 1.73. The fraction of sp³-hybridized carbons (Fsp3) is 0.154. The van der Waals surface area contributed by atoms with Crippen molar-refractivity contribution in [1.29, 1.82) is 0 Å². The van der Waals surface area contributed by atoms with Gasteiger partial charge in [0.05, 0.1) is 16.5 Å². The van der Waals surface area contributed by atoms with Gasteiger partial charge in [-0.3, -0.25) is 4.79 Å². The van der Waals surface area contributed by atoms with Crippen LogP contribution in [0.1, 0.15) is 25.2 Å². The minimum absolute atomic E-state index is 0.0418. The Bertz CT molecular complexity index is 651. The predicted molar refractivity (Wildman–Crippen MR) is 72.5 cm³/mol. The van der Waals surface area contributed by atoms with E-state index in [-0.39, 0.29) is 28.0 Å². The Morgan fingerprint density at radius 2 is 2.00 bits per heavy atom. The van der Waals surface area contributed by atoms with Crippen LogP contribution in [0.5, 0.6) is 5.75 Å². The third-order valence-corrected chi connectivity index (χ3v) is 3.83. The third-order valence-electron chi connectivity index (χ3n) is 2.40. The molecule has 0 aliphatic heterocycles. The van der Waals surface area contributed by atoms with Crippen molar-refractivity contribution in [2.45, 2.75) is 6.92 Å². The van der Waals surface area contributed by atoms with E-state index in [0.29, 0.717) is 10.8 Å². The molecule has 7 heteroatoms. The lowest BCUT2D eigenvalue weighted by Crippen LogP contribution is -2.21. The molecule has 2 rings (SSSR count). The van der Waals surface area contributed by atoms with Crippen molar-refractivity contribution in [2.24, 2.45) is 0 Å². The molecule has 104 valence electrons. The van der Waals surface area contributed by atoms with E-state index in [9.17, 15) is 14.7 Å². The highest BCUT2D eigenvalue weighted by atomic mass is 35.5. The number of hydrogen-bond acceptors (Lipinski definition) is 6. The number of nitrogens with zero attached hydrogens (tertiary/aromatic N) is 1. The second kappa shape index (κ2) is 6.02. The molecule has 0 aliphatic carbocycles. The van der Waals surface area contributed by atoms with Gasteiger partial charge in [-0.05, 0) is 31.2 Å². The maximum absolute atomic E-state index is 11.9. The molecule has 5 nitrogen and oxygen atoms in total. The minimum atomic E-state index is -1.34. The zero-order chi connectivity index (χ0) is 14.7. The zero-order valence-corrected chi connectivity index (χ0v) is 12.0. The first-order valence-electron chi connectivity index (χ1n) is 5.57. The van der Waals surface area contributed by atoms with Gasteiger partial charge in [-0.1, -0.05) is 11.6 Å². The number of ketones is 1. The van der Waals surface area contributed by atoms with E-state index in [0.717, 1.165) is 11.3 Å². The summed E-state index contributed by atoms with van der Waals surface area (Å²) in [4.78, 5) is 26.5. The summed E-state index contributed by atoms with van der Waals surface area (Å²) >= 11 is 6.52. The lowest BCUT2D eigenvalue weighted by Gasteiger charge is -2.03. The van der Waals surface area contributed by atoms with E-state index < -0.39 is 5.97 Å². The summed E-state index contributed by atoms with van der Waals surface area (Å²) in [5, 5.41) is 11.4. The molecule has 1 aromatic carbocycles. The number of rotatable bonds is 5. The van der Waals surface area contributed by atoms with Gasteiger partial charge in [0.15, 0.2) is 11.6 Å². The van der Waals surface area contributed by atoms with Crippen LogP contribution in [-0.2, 0) is 0 Å². The van der Waals surface area contributed by atoms with Crippen LogP contribution in [0.2, 0.25) is 5.02 Å². The molecule has 0 saturated heterocycles. The largest absolute Gasteiger partial charge is 0.544 e. The fourth-order valence-corrected chi connectivity index (χ4v) is 2.40. The number of carboxylic acid groups (broad SMARTS) is 1. The number of carboxylic acids is 1. The standard InChI is InChI=1S/C13H10ClNO4S/c1-7-11(13(17)18)20-12(15-7)10(16)6-19-9-4-2-8(14)3-5-9/h2-5H,6H2,1H3,(H,17,18)/p-1. The summed E-state index contributed by atoms with van der Waals surface area (Å²) in [6.45, 7) is 1.29. The van der Waals surface area contributed by atoms with Gasteiger partial charge >= 0.3 is 0 Å². The van der Waals surface area contributed by atoms with Crippen LogP contribution >= 0.6 is 22.9 Å². The van der Waals surface area contributed by atoms with Crippen molar-refractivity contribution in [2.75, 3.05) is 6.61 Å². The topological polar surface area (TPSA) is 79.3 Å². The molecule has 0 fully saturated rings. The molecule has 1 heterocycles. The monoisotopic (exact) mass is 310 g/mol. The van der Waals surface area contributed by atoms with E-state index in [1.54, 1.807) is 24.3 Å². The number of hydrogen-bond donors (Lipinski definition) is 0. The van der Waals surface area contributed by atoms with Crippen LogP contribution in [0.3, 0.4) is 0 Å². The highest BCUT2D eigenvalue weighted by Gasteiger charge is 2.15. The molecule has 0 saturated carbocycles. The third kappa shape index (κ3) is 3.34. The number of benzene rings is 1. The number of aromatic nitrogens is 1. The lowest BCUT2D eigenvalue weighted by molar-refractivity contribution is -0.254. The molecule has 0 N–H and O–H groups in total. The molecule has 0 aliphatic rings. The van der Waals surface area contributed by atoms with E-state index in [4.69, 9.17) is 16.3 Å². The molecule has 0 atom stereocenters. The Morgan fingerprint density at radius 3 is 2.55 bits per heavy atom. The molecule has 0 unspecified atom stereocenters. The highest BCUT2D eigenvalue weighted by molar-refractivity contribution is 7.15. The maximum atomic E-state index is 11.9. The molecule has 0 amide bonds. The number of halogens is 1. The second-order valence-corrected chi connectivity index (χ2v) is 5.32. The molecule has 2 aromatic rings. The van der Waals surface area contributed by atoms with Crippen LogP contribution in [0.4, 0.5) is 0 Å². The fourth-order valence-electron chi connectivity index (χ4n) is 1.45. The van der Waals surface area contributed by atoms with Gasteiger partial charge in [0.2, 0.25) is 5.78 Å². The number of ether oxygens (including phenoxy) is 1. The lowest BCUT2D eigenvalue weighted by atomic mass is 10.3. The maximum Gasteiger partial charge on any atom is 0.228 e. The molecule has 1 aromatic heterocycles. The Morgan fingerprint density at radius 1 is 1.35 bits per heavy atom. The summed E-state index contributed by atoms with van der Waals surface area (Å²) in [7, 11) is 0. The van der Waals surface area contributed by atoms with Crippen LogP contribution in [0, 0.1) is 6.92 Å². The molecule has 0 bridgehead atoms. The molecule has 20 heavy (non-hydrogen) atoms. The number of aryl methyl sites for hydroxylation is 1. The summed E-state index contributed by atoms with van der Waals surface area (Å²) in [6, 6.07) is 6.55. The molecular formula is C13H9ClNO4S-. The first-order valence-corrected chi connectivity index (χ1v) is 6.77. The SMILES string of the molecule is Cc1nc(C(=O)COc2ccc(Cl)cc2)sc1C(=O)[O-]. The zero-order valence-electron chi connectivity index (χ0n) is 10.4. The average molecular weight is 311 g/mol. The van der Waals surface area contributed by atoms with Gasteiger partial charge in [0.25, 0.3) is 0 Å². The first kappa shape index (κ1) is 14.5. The number of thiazole rings is 1. The number of aromatic carboxylic acids is 1. The normalized spacial score (nSPS) is 10.3. The summed E-state index contributed by atoms with van der Waals surface area (Å²) in [6.07, 6.45) is 0. The summed E-state index contributed by atoms with van der Waals surface area (Å²) in [5.41, 5.74) is 0.268. The summed E-state index contributed by atoms with van der Waals surface area (Å²) in [5.74, 6) is -1.23. The van der Waals surface area contributed by atoms with Crippen LogP contribution in [-0.4, -0.2) is 23.3 Å². The van der Waals surface area contributed by atoms with Crippen LogP contribution < -0.4 is 9.84 Å². The second-order valence-electron chi connectivity index (χ2n) is 3.89. The van der Waals surface area contributed by atoms with Crippen LogP contribution in [0.15, 0.2) is 24.3 Å². The van der Waals surface area contributed by atoms with Crippen molar-refractivity contribution in [3.05, 3.63) is 44.9 Å². The van der Waals surface area contributed by atoms with Gasteiger partial charge in [-0.25, -0.2) is 4.98 Å². The van der Waals surface area contributed by atoms with E-state index in [1.165, 1.54) is 6.92 Å². The van der Waals surface area contributed by atoms with Crippen molar-refractivity contribution in [3.63, 3.8) is 0 Å². The van der Waals surface area contributed by atoms with Crippen molar-refractivity contribution in [3.8, 4) is 5.75 Å². The Kier molecular flexibility index (Phi) is 4.36. The van der Waals surface area contributed by atoms with Gasteiger partial charge in [0, 0.05) is 5.02 Å². The molecule has 0 radical (unpaired) electrons. The average Bonchev–Trinajstić information content (AvgIpc) is 2.80. The number of carbonyl (C=O) groups is 2.